The van der Waals surface area contributed by atoms with Gasteiger partial charge in [-0.25, -0.2) is 4.79 Å². The molecule has 1 N–H and O–H groups in total. The molecule has 3 aliphatic rings. The van der Waals surface area contributed by atoms with Crippen molar-refractivity contribution in [2.24, 2.45) is 29.6 Å². The molecule has 5 atom stereocenters. The molecule has 3 amide bonds. The molecule has 1 heterocycles. The van der Waals surface area contributed by atoms with Crippen LogP contribution in [0.25, 0.3) is 0 Å². The number of nitrogens with one attached hydrogen (secondary N) is 1. The van der Waals surface area contributed by atoms with Crippen LogP contribution in [0.4, 0.5) is 5.69 Å². The minimum atomic E-state index is -1.05. The summed E-state index contributed by atoms with van der Waals surface area (Å²) in [6.07, 6.45) is 4.83. The van der Waals surface area contributed by atoms with E-state index in [0.29, 0.717) is 10.7 Å². The van der Waals surface area contributed by atoms with E-state index in [9.17, 15) is 19.2 Å². The summed E-state index contributed by atoms with van der Waals surface area (Å²) in [5.74, 6) is -2.88. The van der Waals surface area contributed by atoms with Crippen molar-refractivity contribution in [3.05, 3.63) is 40.9 Å². The number of carbonyl (C=O) groups excluding carboxylic acids is 4. The number of likely N-dealkylation sites (tertiary alicyclic amines) is 1. The number of amides is 3. The Balaban J connectivity index is 1.43. The zero-order valence-electron chi connectivity index (χ0n) is 17.6. The molecule has 1 aliphatic heterocycles. The maximum Gasteiger partial charge on any atom is 0.330 e. The molecule has 4 rings (SSSR count). The Morgan fingerprint density at radius 3 is 2.35 bits per heavy atom. The number of aryl methyl sites for hydroxylation is 1. The average molecular weight is 445 g/mol. The fourth-order valence-electron chi connectivity index (χ4n) is 5.01. The van der Waals surface area contributed by atoms with Gasteiger partial charge in [0.1, 0.15) is 6.04 Å². The number of hydrogen-bond donors (Lipinski definition) is 1. The van der Waals surface area contributed by atoms with Gasteiger partial charge in [-0.15, -0.1) is 0 Å². The van der Waals surface area contributed by atoms with E-state index in [-0.39, 0.29) is 41.4 Å². The van der Waals surface area contributed by atoms with Crippen LogP contribution in [0.15, 0.2) is 30.4 Å². The van der Waals surface area contributed by atoms with Crippen LogP contribution < -0.4 is 5.32 Å². The Morgan fingerprint density at radius 1 is 1.16 bits per heavy atom. The van der Waals surface area contributed by atoms with Crippen molar-refractivity contribution in [2.45, 2.75) is 33.2 Å². The number of anilines is 1. The quantitative estimate of drug-likeness (QED) is 0.413. The lowest BCUT2D eigenvalue weighted by Gasteiger charge is -2.28. The van der Waals surface area contributed by atoms with Gasteiger partial charge in [-0.05, 0) is 48.8 Å². The van der Waals surface area contributed by atoms with E-state index >= 15 is 0 Å². The second-order valence-electron chi connectivity index (χ2n) is 8.85. The van der Waals surface area contributed by atoms with Crippen LogP contribution in [0.1, 0.15) is 25.8 Å². The van der Waals surface area contributed by atoms with Gasteiger partial charge in [0.05, 0.1) is 11.8 Å². The Hall–Kier alpha value is -2.67. The number of benzene rings is 1. The first-order valence-electron chi connectivity index (χ1n) is 10.5. The molecule has 1 saturated carbocycles. The van der Waals surface area contributed by atoms with Gasteiger partial charge in [0.15, 0.2) is 6.61 Å². The summed E-state index contributed by atoms with van der Waals surface area (Å²) < 4.78 is 5.22. The predicted molar refractivity (Wildman–Crippen MR) is 114 cm³/mol. The molecular formula is C23H25ClN2O5. The van der Waals surface area contributed by atoms with Crippen LogP contribution in [-0.4, -0.2) is 41.2 Å². The summed E-state index contributed by atoms with van der Waals surface area (Å²) in [6, 6.07) is 4.03. The molecule has 7 nitrogen and oxygen atoms in total. The van der Waals surface area contributed by atoms with Crippen molar-refractivity contribution in [1.29, 1.82) is 0 Å². The van der Waals surface area contributed by atoms with E-state index in [0.717, 1.165) is 16.9 Å². The van der Waals surface area contributed by atoms with Gasteiger partial charge in [-0.1, -0.05) is 43.7 Å². The van der Waals surface area contributed by atoms with Crippen LogP contribution in [0.2, 0.25) is 5.02 Å². The smallest absolute Gasteiger partial charge is 0.330 e. The molecule has 2 bridgehead atoms. The first kappa shape index (κ1) is 21.6. The second kappa shape index (κ2) is 8.11. The predicted octanol–water partition coefficient (Wildman–Crippen LogP) is 2.96. The van der Waals surface area contributed by atoms with Crippen molar-refractivity contribution >= 4 is 41.0 Å². The summed E-state index contributed by atoms with van der Waals surface area (Å²) in [7, 11) is 0. The molecule has 1 aromatic carbocycles. The average Bonchev–Trinajstić information content (AvgIpc) is 3.39. The third-order valence-electron chi connectivity index (χ3n) is 6.47. The Kier molecular flexibility index (Phi) is 5.64. The zero-order valence-corrected chi connectivity index (χ0v) is 18.4. The minimum absolute atomic E-state index is 0.0620. The molecule has 0 aromatic heterocycles. The van der Waals surface area contributed by atoms with Gasteiger partial charge in [0, 0.05) is 10.7 Å². The largest absolute Gasteiger partial charge is 0.454 e. The molecule has 2 fully saturated rings. The van der Waals surface area contributed by atoms with Crippen LogP contribution in [-0.2, 0) is 23.9 Å². The monoisotopic (exact) mass is 444 g/mol. The van der Waals surface area contributed by atoms with Gasteiger partial charge in [-0.2, -0.15) is 0 Å². The van der Waals surface area contributed by atoms with E-state index in [4.69, 9.17) is 16.3 Å². The third kappa shape index (κ3) is 3.76. The Morgan fingerprint density at radius 2 is 1.77 bits per heavy atom. The summed E-state index contributed by atoms with van der Waals surface area (Å²) in [6.45, 7) is 4.80. The molecule has 1 saturated heterocycles. The highest BCUT2D eigenvalue weighted by Crippen LogP contribution is 2.53. The fraction of sp³-hybridized carbons (Fsp3) is 0.478. The molecule has 0 radical (unpaired) electrons. The van der Waals surface area contributed by atoms with E-state index in [2.05, 4.69) is 5.32 Å². The number of ether oxygens (including phenoxy) is 1. The number of nitrogens with zero attached hydrogens (tertiary/aromatic N) is 1. The van der Waals surface area contributed by atoms with E-state index in [1.807, 2.05) is 19.1 Å². The molecule has 2 aliphatic carbocycles. The number of rotatable bonds is 6. The molecule has 1 aromatic rings. The Labute approximate surface area is 185 Å². The Bertz CT molecular complexity index is 958. The van der Waals surface area contributed by atoms with Gasteiger partial charge < -0.3 is 10.1 Å². The molecule has 0 spiro atoms. The minimum Gasteiger partial charge on any atom is -0.454 e. The van der Waals surface area contributed by atoms with Gasteiger partial charge >= 0.3 is 5.97 Å². The molecule has 164 valence electrons. The number of carbonyl (C=O) groups is 4. The van der Waals surface area contributed by atoms with Crippen LogP contribution in [0.5, 0.6) is 0 Å². The SMILES string of the molecule is Cc1ccc(Cl)cc1NC(=O)COC(=O)[C@H](C(C)C)N1C(=O)[C@@H]2[C@H](C1=O)[C@H]1C=C[C@H]2C1. The van der Waals surface area contributed by atoms with Crippen molar-refractivity contribution in [1.82, 2.24) is 4.90 Å². The van der Waals surface area contributed by atoms with Gasteiger partial charge in [-0.3, -0.25) is 19.3 Å². The van der Waals surface area contributed by atoms with E-state index in [1.54, 1.807) is 32.0 Å². The first-order valence-corrected chi connectivity index (χ1v) is 10.8. The van der Waals surface area contributed by atoms with E-state index < -0.39 is 24.5 Å². The highest BCUT2D eigenvalue weighted by molar-refractivity contribution is 6.31. The summed E-state index contributed by atoms with van der Waals surface area (Å²) in [5, 5.41) is 3.13. The number of allylic oxidation sites excluding steroid dienone is 2. The van der Waals surface area contributed by atoms with Crippen molar-refractivity contribution in [2.75, 3.05) is 11.9 Å². The van der Waals surface area contributed by atoms with Crippen molar-refractivity contribution in [3.63, 3.8) is 0 Å². The maximum atomic E-state index is 13.1. The zero-order chi connectivity index (χ0) is 22.4. The second-order valence-corrected chi connectivity index (χ2v) is 9.29. The van der Waals surface area contributed by atoms with Crippen molar-refractivity contribution < 1.29 is 23.9 Å². The summed E-state index contributed by atoms with van der Waals surface area (Å²) >= 11 is 5.96. The highest BCUT2D eigenvalue weighted by atomic mass is 35.5. The fourth-order valence-corrected chi connectivity index (χ4v) is 5.18. The lowest BCUT2D eigenvalue weighted by molar-refractivity contribution is -0.162. The van der Waals surface area contributed by atoms with Gasteiger partial charge in [0.25, 0.3) is 5.91 Å². The first-order chi connectivity index (χ1) is 14.7. The maximum absolute atomic E-state index is 13.1. The molecule has 31 heavy (non-hydrogen) atoms. The van der Waals surface area contributed by atoms with Crippen LogP contribution >= 0.6 is 11.6 Å². The standard InChI is InChI=1S/C23H25ClN2O5/c1-11(2)20(26-21(28)18-13-5-6-14(8-13)19(18)22(26)29)23(30)31-10-17(27)25-16-9-15(24)7-4-12(16)3/h4-7,9,11,13-14,18-20H,8,10H2,1-3H3,(H,25,27)/t13-,14-,18-,19+,20-/m0/s1. The van der Waals surface area contributed by atoms with Crippen LogP contribution in [0.3, 0.4) is 0 Å². The topological polar surface area (TPSA) is 92.8 Å². The van der Waals surface area contributed by atoms with Crippen molar-refractivity contribution in [3.8, 4) is 0 Å². The number of imide groups is 1. The summed E-state index contributed by atoms with van der Waals surface area (Å²) in [4.78, 5) is 52.4. The van der Waals surface area contributed by atoms with E-state index in [1.165, 1.54) is 0 Å². The highest BCUT2D eigenvalue weighted by Gasteiger charge is 2.61. The van der Waals surface area contributed by atoms with Gasteiger partial charge in [0.2, 0.25) is 11.8 Å². The third-order valence-corrected chi connectivity index (χ3v) is 6.71. The number of fused-ring (bicyclic) bond motifs is 5. The number of halogens is 1. The summed E-state index contributed by atoms with van der Waals surface area (Å²) in [5.41, 5.74) is 1.34. The van der Waals surface area contributed by atoms with Crippen LogP contribution in [0, 0.1) is 36.5 Å². The normalized spacial score (nSPS) is 27.1. The molecule has 8 heteroatoms. The number of hydrogen-bond acceptors (Lipinski definition) is 5. The molecule has 0 unspecified atom stereocenters. The molecular weight excluding hydrogens is 420 g/mol. The lowest BCUT2D eigenvalue weighted by atomic mass is 9.85. The number of esters is 1. The lowest BCUT2D eigenvalue weighted by Crippen LogP contribution is -2.50.